The average Bonchev–Trinajstić information content (AvgIpc) is 2.60. The largest absolute Gasteiger partial charge is 0.404 e. The van der Waals surface area contributed by atoms with E-state index < -0.39 is 0 Å². The lowest BCUT2D eigenvalue weighted by Crippen LogP contribution is -1.94. The number of aryl methyl sites for hydroxylation is 2. The van der Waals surface area contributed by atoms with Gasteiger partial charge in [0.15, 0.2) is 0 Å². The van der Waals surface area contributed by atoms with Crippen molar-refractivity contribution in [3.63, 3.8) is 0 Å². The Morgan fingerprint density at radius 1 is 1.29 bits per heavy atom. The zero-order chi connectivity index (χ0) is 12.7. The van der Waals surface area contributed by atoms with E-state index in [-0.39, 0.29) is 6.15 Å². The van der Waals surface area contributed by atoms with E-state index in [0.29, 0.717) is 11.9 Å². The van der Waals surface area contributed by atoms with Crippen LogP contribution in [0.5, 0.6) is 11.9 Å². The molecule has 88 valence electrons. The lowest BCUT2D eigenvalue weighted by molar-refractivity contribution is -0.191. The molecular formula is C10H10N4O3. The van der Waals surface area contributed by atoms with Crippen LogP contribution in [0.1, 0.15) is 5.69 Å². The molecule has 2 aromatic heterocycles. The molecule has 7 heteroatoms. The third kappa shape index (κ3) is 3.84. The minimum atomic E-state index is 0.250. The Hall–Kier alpha value is -2.53. The van der Waals surface area contributed by atoms with E-state index in [1.165, 1.54) is 0 Å². The van der Waals surface area contributed by atoms with Crippen LogP contribution in [0.3, 0.4) is 0 Å². The van der Waals surface area contributed by atoms with Crippen LogP contribution in [0.15, 0.2) is 24.5 Å². The molecule has 7 nitrogen and oxygen atoms in total. The second-order valence-corrected chi connectivity index (χ2v) is 2.96. The highest BCUT2D eigenvalue weighted by atomic mass is 16.5. The number of carbonyl (C=O) groups excluding carboxylic acids is 2. The van der Waals surface area contributed by atoms with Crippen LogP contribution in [0.25, 0.3) is 0 Å². The summed E-state index contributed by atoms with van der Waals surface area (Å²) in [7, 11) is 1.86. The van der Waals surface area contributed by atoms with Gasteiger partial charge in [0, 0.05) is 31.2 Å². The van der Waals surface area contributed by atoms with Gasteiger partial charge in [0.1, 0.15) is 0 Å². The summed E-state index contributed by atoms with van der Waals surface area (Å²) in [6.07, 6.45) is 3.50. The third-order valence-electron chi connectivity index (χ3n) is 1.83. The van der Waals surface area contributed by atoms with E-state index in [9.17, 15) is 0 Å². The molecule has 0 spiro atoms. The maximum absolute atomic E-state index is 8.12. The number of nitrogens with zero attached hydrogens (tertiary/aromatic N) is 4. The molecule has 0 saturated heterocycles. The number of rotatable bonds is 2. The Morgan fingerprint density at radius 3 is 2.35 bits per heavy atom. The number of hydrogen-bond donors (Lipinski definition) is 0. The highest BCUT2D eigenvalue weighted by molar-refractivity contribution is 5.20. The Morgan fingerprint density at radius 2 is 1.88 bits per heavy atom. The summed E-state index contributed by atoms with van der Waals surface area (Å²) < 4.78 is 7.06. The first-order chi connectivity index (χ1) is 8.17. The maximum Gasteiger partial charge on any atom is 0.373 e. The molecule has 0 bridgehead atoms. The molecule has 0 N–H and O–H groups in total. The standard InChI is InChI=1S/C9H10N4O.CO2/c1-7-6-8(12-13(7)2)14-9-10-4-3-5-11-9;2-1-3/h3-6H,1-2H3;. The summed E-state index contributed by atoms with van der Waals surface area (Å²) in [6, 6.07) is 3.87. The van der Waals surface area contributed by atoms with Gasteiger partial charge in [-0.3, -0.25) is 4.68 Å². The van der Waals surface area contributed by atoms with Crippen molar-refractivity contribution in [1.29, 1.82) is 0 Å². The van der Waals surface area contributed by atoms with Crippen LogP contribution in [-0.4, -0.2) is 25.9 Å². The van der Waals surface area contributed by atoms with E-state index in [1.807, 2.05) is 20.0 Å². The molecule has 0 aromatic carbocycles. The Balaban J connectivity index is 0.000000437. The molecular weight excluding hydrogens is 224 g/mol. The SMILES string of the molecule is Cc1cc(Oc2ncccn2)nn1C.O=C=O. The zero-order valence-electron chi connectivity index (χ0n) is 9.32. The van der Waals surface area contributed by atoms with Gasteiger partial charge in [-0.15, -0.1) is 5.10 Å². The summed E-state index contributed by atoms with van der Waals surface area (Å²) in [6.45, 7) is 1.95. The van der Waals surface area contributed by atoms with Crippen molar-refractivity contribution in [3.8, 4) is 11.9 Å². The van der Waals surface area contributed by atoms with Gasteiger partial charge in [0.05, 0.1) is 0 Å². The fourth-order valence-electron chi connectivity index (χ4n) is 1.01. The van der Waals surface area contributed by atoms with Crippen LogP contribution in [0, 0.1) is 6.92 Å². The van der Waals surface area contributed by atoms with Crippen molar-refractivity contribution in [2.24, 2.45) is 7.05 Å². The second-order valence-electron chi connectivity index (χ2n) is 2.96. The fraction of sp³-hybridized carbons (Fsp3) is 0.200. The Kier molecular flexibility index (Phi) is 4.53. The summed E-state index contributed by atoms with van der Waals surface area (Å²) >= 11 is 0. The smallest absolute Gasteiger partial charge is 0.373 e. The molecule has 0 radical (unpaired) electrons. The molecule has 0 aliphatic rings. The van der Waals surface area contributed by atoms with Crippen molar-refractivity contribution < 1.29 is 14.3 Å². The Bertz CT molecular complexity index is 484. The van der Waals surface area contributed by atoms with Gasteiger partial charge in [-0.05, 0) is 13.0 Å². The molecule has 2 rings (SSSR count). The minimum Gasteiger partial charge on any atom is -0.404 e. The van der Waals surface area contributed by atoms with E-state index >= 15 is 0 Å². The lowest BCUT2D eigenvalue weighted by atomic mass is 10.5. The predicted octanol–water partition coefficient (Wildman–Crippen LogP) is 0.727. The van der Waals surface area contributed by atoms with Gasteiger partial charge in [-0.1, -0.05) is 0 Å². The van der Waals surface area contributed by atoms with Crippen molar-refractivity contribution in [1.82, 2.24) is 19.7 Å². The summed E-state index contributed by atoms with van der Waals surface area (Å²) in [5, 5.41) is 4.12. The number of ether oxygens (including phenoxy) is 1. The predicted molar refractivity (Wildman–Crippen MR) is 55.1 cm³/mol. The molecule has 17 heavy (non-hydrogen) atoms. The first-order valence-electron chi connectivity index (χ1n) is 4.62. The minimum absolute atomic E-state index is 0.250. The first kappa shape index (κ1) is 12.5. The van der Waals surface area contributed by atoms with Crippen LogP contribution in [0.4, 0.5) is 0 Å². The second kappa shape index (κ2) is 6.14. The van der Waals surface area contributed by atoms with Crippen molar-refractivity contribution in [3.05, 3.63) is 30.2 Å². The van der Waals surface area contributed by atoms with Gasteiger partial charge >= 0.3 is 12.2 Å². The summed E-state index contributed by atoms with van der Waals surface area (Å²) in [4.78, 5) is 24.1. The van der Waals surface area contributed by atoms with Crippen molar-refractivity contribution >= 4 is 6.15 Å². The maximum atomic E-state index is 8.12. The molecule has 0 amide bonds. The summed E-state index contributed by atoms with van der Waals surface area (Å²) in [5.41, 5.74) is 1.02. The normalized spacial score (nSPS) is 8.82. The van der Waals surface area contributed by atoms with E-state index in [4.69, 9.17) is 14.3 Å². The third-order valence-corrected chi connectivity index (χ3v) is 1.83. The lowest BCUT2D eigenvalue weighted by Gasteiger charge is -1.96. The van der Waals surface area contributed by atoms with Gasteiger partial charge in [-0.2, -0.15) is 9.59 Å². The van der Waals surface area contributed by atoms with Gasteiger partial charge < -0.3 is 4.74 Å². The number of hydrogen-bond acceptors (Lipinski definition) is 6. The average molecular weight is 234 g/mol. The number of aromatic nitrogens is 4. The molecule has 0 fully saturated rings. The molecule has 2 aromatic rings. The highest BCUT2D eigenvalue weighted by Gasteiger charge is 2.04. The van der Waals surface area contributed by atoms with Crippen molar-refractivity contribution in [2.45, 2.75) is 6.92 Å². The molecule has 0 aliphatic heterocycles. The van der Waals surface area contributed by atoms with Gasteiger partial charge in [0.2, 0.25) is 5.88 Å². The molecule has 0 unspecified atom stereocenters. The van der Waals surface area contributed by atoms with E-state index in [2.05, 4.69) is 15.1 Å². The zero-order valence-corrected chi connectivity index (χ0v) is 9.32. The van der Waals surface area contributed by atoms with Crippen molar-refractivity contribution in [2.75, 3.05) is 0 Å². The van der Waals surface area contributed by atoms with E-state index in [1.54, 1.807) is 23.1 Å². The van der Waals surface area contributed by atoms with Gasteiger partial charge in [0.25, 0.3) is 0 Å². The van der Waals surface area contributed by atoms with Crippen LogP contribution >= 0.6 is 0 Å². The highest BCUT2D eigenvalue weighted by Crippen LogP contribution is 2.15. The quantitative estimate of drug-likeness (QED) is 0.761. The topological polar surface area (TPSA) is 87.0 Å². The van der Waals surface area contributed by atoms with Crippen LogP contribution < -0.4 is 4.74 Å². The monoisotopic (exact) mass is 234 g/mol. The Labute approximate surface area is 97.1 Å². The van der Waals surface area contributed by atoms with Crippen LogP contribution in [-0.2, 0) is 16.6 Å². The molecule has 0 atom stereocenters. The van der Waals surface area contributed by atoms with Gasteiger partial charge in [-0.25, -0.2) is 9.97 Å². The molecule has 0 saturated carbocycles. The molecule has 0 aliphatic carbocycles. The van der Waals surface area contributed by atoms with Crippen LogP contribution in [0.2, 0.25) is 0 Å². The first-order valence-corrected chi connectivity index (χ1v) is 4.62. The molecule has 2 heterocycles. The van der Waals surface area contributed by atoms with E-state index in [0.717, 1.165) is 5.69 Å². The summed E-state index contributed by atoms with van der Waals surface area (Å²) in [5.74, 6) is 0.510. The fourth-order valence-corrected chi connectivity index (χ4v) is 1.01.